The molecule has 0 aliphatic heterocycles. The lowest BCUT2D eigenvalue weighted by atomic mass is 9.78. The SMILES string of the molecule is COCCOc1cc(N=Cc2cc(C(C)(C)C)cc(C(C)(C)C)c2O)c(N(Cc2cc(C(C)(C)C)cc(C(C)(C)C)c2O)Cc2cc(C(C)(C)C)cc(C(C)(C)C)c2O)cc1OCCOC. The molecule has 0 aliphatic rings. The third-order valence-electron chi connectivity index (χ3n) is 12.1. The molecule has 0 aromatic heterocycles. The van der Waals surface area contributed by atoms with Crippen LogP contribution in [0, 0.1) is 0 Å². The van der Waals surface area contributed by atoms with Crippen molar-refractivity contribution in [3.8, 4) is 28.7 Å². The zero-order chi connectivity index (χ0) is 50.0. The molecule has 0 heterocycles. The van der Waals surface area contributed by atoms with E-state index in [9.17, 15) is 15.3 Å². The fourth-order valence-electron chi connectivity index (χ4n) is 7.77. The first-order chi connectivity index (χ1) is 30.2. The number of nitrogens with zero attached hydrogens (tertiary/aromatic N) is 2. The maximum absolute atomic E-state index is 12.3. The van der Waals surface area contributed by atoms with Gasteiger partial charge in [0.05, 0.1) is 24.6 Å². The molecule has 9 heteroatoms. The number of ether oxygens (including phenoxy) is 4. The number of phenols is 3. The lowest BCUT2D eigenvalue weighted by Crippen LogP contribution is -2.25. The summed E-state index contributed by atoms with van der Waals surface area (Å²) < 4.78 is 23.6. The van der Waals surface area contributed by atoms with Gasteiger partial charge in [0.25, 0.3) is 0 Å². The van der Waals surface area contributed by atoms with E-state index in [-0.39, 0.29) is 76.0 Å². The van der Waals surface area contributed by atoms with Crippen LogP contribution in [0.2, 0.25) is 0 Å². The van der Waals surface area contributed by atoms with Crippen molar-refractivity contribution in [1.82, 2.24) is 0 Å². The minimum Gasteiger partial charge on any atom is -0.507 e. The fourth-order valence-corrected chi connectivity index (χ4v) is 7.77. The molecule has 0 atom stereocenters. The quantitative estimate of drug-likeness (QED) is 0.0798. The molecule has 0 fully saturated rings. The first-order valence-corrected chi connectivity index (χ1v) is 23.5. The standard InChI is InChI=1S/C57H84N2O7/c1-52(2,3)39-25-36(49(60)42(28-39)55(10,11)12)33-58-45-31-47(65-23-21-63-19)48(66-24-22-64-20)32-46(45)59(34-37-26-40(53(4,5)6)29-43(50(37)61)56(13,14)15)35-38-27-41(54(7,8)9)30-44(51(38)62)57(16,17)18/h25-33,60-62H,21-24,34-35H2,1-20H3. The van der Waals surface area contributed by atoms with Crippen LogP contribution in [0.4, 0.5) is 11.4 Å². The van der Waals surface area contributed by atoms with Crippen LogP contribution in [-0.4, -0.2) is 62.2 Å². The topological polar surface area (TPSA) is 113 Å². The van der Waals surface area contributed by atoms with Crippen LogP contribution in [0.5, 0.6) is 28.7 Å². The molecular formula is C57H84N2O7. The second-order valence-electron chi connectivity index (χ2n) is 24.1. The zero-order valence-electron chi connectivity index (χ0n) is 44.3. The van der Waals surface area contributed by atoms with E-state index in [2.05, 4.69) is 160 Å². The van der Waals surface area contributed by atoms with Gasteiger partial charge in [0.1, 0.15) is 30.5 Å². The van der Waals surface area contributed by atoms with Gasteiger partial charge >= 0.3 is 0 Å². The van der Waals surface area contributed by atoms with Gasteiger partial charge in [-0.3, -0.25) is 4.99 Å². The fraction of sp³-hybridized carbons (Fsp3) is 0.561. The van der Waals surface area contributed by atoms with Gasteiger partial charge in [-0.05, 0) is 78.5 Å². The summed E-state index contributed by atoms with van der Waals surface area (Å²) in [5, 5.41) is 36.6. The molecule has 4 rings (SSSR count). The van der Waals surface area contributed by atoms with Crippen molar-refractivity contribution < 1.29 is 34.3 Å². The molecule has 0 saturated carbocycles. The molecular weight excluding hydrogens is 825 g/mol. The number of aromatic hydroxyl groups is 3. The zero-order valence-corrected chi connectivity index (χ0v) is 44.3. The summed E-state index contributed by atoms with van der Waals surface area (Å²) in [7, 11) is 3.26. The highest BCUT2D eigenvalue weighted by Crippen LogP contribution is 2.46. The molecule has 4 aromatic rings. The second kappa shape index (κ2) is 20.2. The highest BCUT2D eigenvalue weighted by atomic mass is 16.5. The van der Waals surface area contributed by atoms with Crippen molar-refractivity contribution in [2.45, 2.75) is 170 Å². The van der Waals surface area contributed by atoms with Crippen molar-refractivity contribution in [1.29, 1.82) is 0 Å². The highest BCUT2D eigenvalue weighted by molar-refractivity contribution is 5.89. The molecule has 0 unspecified atom stereocenters. The Morgan fingerprint density at radius 3 is 1.18 bits per heavy atom. The third-order valence-corrected chi connectivity index (χ3v) is 12.1. The minimum absolute atomic E-state index is 0.172. The number of phenolic OH excluding ortho intramolecular Hbond substituents is 3. The van der Waals surface area contributed by atoms with Crippen molar-refractivity contribution in [3.63, 3.8) is 0 Å². The van der Waals surface area contributed by atoms with E-state index in [1.54, 1.807) is 20.4 Å². The first-order valence-electron chi connectivity index (χ1n) is 23.5. The van der Waals surface area contributed by atoms with Gasteiger partial charge in [-0.2, -0.15) is 0 Å². The van der Waals surface area contributed by atoms with Gasteiger partial charge in [-0.25, -0.2) is 0 Å². The Morgan fingerprint density at radius 1 is 0.455 bits per heavy atom. The van der Waals surface area contributed by atoms with Gasteiger partial charge in [-0.15, -0.1) is 0 Å². The average molecular weight is 909 g/mol. The van der Waals surface area contributed by atoms with Crippen LogP contribution in [0.15, 0.2) is 53.5 Å². The Labute approximate surface area is 398 Å². The van der Waals surface area contributed by atoms with Crippen LogP contribution in [-0.2, 0) is 55.1 Å². The second-order valence-corrected chi connectivity index (χ2v) is 24.1. The molecule has 0 bridgehead atoms. The summed E-state index contributed by atoms with van der Waals surface area (Å²) in [5.74, 6) is 1.56. The third kappa shape index (κ3) is 13.5. The number of hydrogen-bond donors (Lipinski definition) is 3. The number of aliphatic imine (C=N–C) groups is 1. The average Bonchev–Trinajstić information content (AvgIpc) is 3.16. The van der Waals surface area contributed by atoms with Gasteiger partial charge in [0.15, 0.2) is 11.5 Å². The summed E-state index contributed by atoms with van der Waals surface area (Å²) in [6.07, 6.45) is 1.73. The Balaban J connectivity index is 2.21. The Morgan fingerprint density at radius 2 is 0.818 bits per heavy atom. The number of methoxy groups -OCH3 is 2. The lowest BCUT2D eigenvalue weighted by Gasteiger charge is -2.33. The predicted octanol–water partition coefficient (Wildman–Crippen LogP) is 13.6. The van der Waals surface area contributed by atoms with E-state index < -0.39 is 0 Å². The van der Waals surface area contributed by atoms with E-state index in [1.165, 1.54) is 0 Å². The molecule has 0 radical (unpaired) electrons. The van der Waals surface area contributed by atoms with Crippen molar-refractivity contribution in [2.75, 3.05) is 45.5 Å². The highest BCUT2D eigenvalue weighted by Gasteiger charge is 2.31. The summed E-state index contributed by atoms with van der Waals surface area (Å²) in [6, 6.07) is 16.4. The number of hydrogen-bond acceptors (Lipinski definition) is 9. The van der Waals surface area contributed by atoms with E-state index in [1.807, 2.05) is 18.2 Å². The van der Waals surface area contributed by atoms with Crippen LogP contribution in [0.25, 0.3) is 0 Å². The van der Waals surface area contributed by atoms with Gasteiger partial charge in [0, 0.05) is 67.9 Å². The van der Waals surface area contributed by atoms with Crippen LogP contribution in [0.1, 0.15) is 175 Å². The summed E-state index contributed by atoms with van der Waals surface area (Å²) in [5.41, 5.74) is 7.35. The molecule has 0 aliphatic carbocycles. The molecule has 364 valence electrons. The summed E-state index contributed by atoms with van der Waals surface area (Å²) in [6.45, 7) is 40.3. The summed E-state index contributed by atoms with van der Waals surface area (Å²) in [4.78, 5) is 7.40. The van der Waals surface area contributed by atoms with Crippen molar-refractivity contribution >= 4 is 17.6 Å². The Hall–Kier alpha value is -4.73. The molecule has 0 amide bonds. The molecule has 3 N–H and O–H groups in total. The summed E-state index contributed by atoms with van der Waals surface area (Å²) >= 11 is 0. The Bertz CT molecular complexity index is 2250. The van der Waals surface area contributed by atoms with Gasteiger partial charge in [0.2, 0.25) is 0 Å². The molecule has 0 saturated heterocycles. The molecule has 4 aromatic carbocycles. The smallest absolute Gasteiger partial charge is 0.163 e. The number of benzene rings is 4. The van der Waals surface area contributed by atoms with Gasteiger partial charge < -0.3 is 39.2 Å². The minimum atomic E-state index is -0.361. The van der Waals surface area contributed by atoms with E-state index in [0.717, 1.165) is 44.5 Å². The maximum atomic E-state index is 12.3. The van der Waals surface area contributed by atoms with E-state index in [4.69, 9.17) is 23.9 Å². The predicted molar refractivity (Wildman–Crippen MR) is 275 cm³/mol. The number of anilines is 1. The van der Waals surface area contributed by atoms with E-state index >= 15 is 0 Å². The van der Waals surface area contributed by atoms with Crippen molar-refractivity contribution in [2.24, 2.45) is 4.99 Å². The molecule has 0 spiro atoms. The lowest BCUT2D eigenvalue weighted by molar-refractivity contribution is 0.132. The van der Waals surface area contributed by atoms with Crippen molar-refractivity contribution in [3.05, 3.63) is 98.6 Å². The van der Waals surface area contributed by atoms with Crippen LogP contribution in [0.3, 0.4) is 0 Å². The number of rotatable bonds is 15. The molecule has 9 nitrogen and oxygen atoms in total. The van der Waals surface area contributed by atoms with Crippen LogP contribution < -0.4 is 14.4 Å². The largest absolute Gasteiger partial charge is 0.507 e. The van der Waals surface area contributed by atoms with Gasteiger partial charge in [-0.1, -0.05) is 143 Å². The monoisotopic (exact) mass is 909 g/mol. The van der Waals surface area contributed by atoms with Crippen LogP contribution >= 0.6 is 0 Å². The molecule has 66 heavy (non-hydrogen) atoms. The normalized spacial score (nSPS) is 13.2. The van der Waals surface area contributed by atoms with E-state index in [0.29, 0.717) is 41.7 Å². The maximum Gasteiger partial charge on any atom is 0.163 e. The Kier molecular flexibility index (Phi) is 16.5. The first kappa shape index (κ1) is 53.9.